The summed E-state index contributed by atoms with van der Waals surface area (Å²) in [7, 11) is 0. The Hall–Kier alpha value is -0.830. The second-order valence-corrected chi connectivity index (χ2v) is 5.02. The van der Waals surface area contributed by atoms with Crippen LogP contribution in [0.4, 0.5) is 5.69 Å². The van der Waals surface area contributed by atoms with Crippen LogP contribution in [-0.2, 0) is 0 Å². The number of anilines is 1. The minimum absolute atomic E-state index is 0.396. The molecule has 0 aliphatic heterocycles. The van der Waals surface area contributed by atoms with Crippen molar-refractivity contribution in [1.82, 2.24) is 0 Å². The molecule has 0 saturated carbocycles. The monoisotopic (exact) mass is 283 g/mol. The highest BCUT2D eigenvalue weighted by Crippen LogP contribution is 2.25. The molecule has 1 rings (SSSR count). The number of carbonyl (C=O) groups is 1. The third-order valence-corrected chi connectivity index (χ3v) is 3.01. The second-order valence-electron chi connectivity index (χ2n) is 4.11. The van der Waals surface area contributed by atoms with Gasteiger partial charge in [-0.25, -0.2) is 0 Å². The van der Waals surface area contributed by atoms with Crippen molar-refractivity contribution in [3.05, 3.63) is 28.2 Å². The molecule has 0 N–H and O–H groups in total. The Balaban J connectivity index is 3.15. The van der Waals surface area contributed by atoms with E-state index in [1.54, 1.807) is 0 Å². The summed E-state index contributed by atoms with van der Waals surface area (Å²) in [6, 6.07) is 6.17. The van der Waals surface area contributed by atoms with Gasteiger partial charge in [0.15, 0.2) is 6.29 Å². The van der Waals surface area contributed by atoms with Crippen LogP contribution in [-0.4, -0.2) is 18.9 Å². The Labute approximate surface area is 106 Å². The highest BCUT2D eigenvalue weighted by Gasteiger charge is 2.13. The Morgan fingerprint density at radius 2 is 2.12 bits per heavy atom. The minimum Gasteiger partial charge on any atom is -0.369 e. The fourth-order valence-corrected chi connectivity index (χ4v) is 2.11. The van der Waals surface area contributed by atoms with E-state index >= 15 is 0 Å². The molecule has 0 heterocycles. The Morgan fingerprint density at radius 3 is 2.62 bits per heavy atom. The summed E-state index contributed by atoms with van der Waals surface area (Å²) < 4.78 is 1.01. The molecule has 0 unspecified atom stereocenters. The molecule has 0 saturated heterocycles. The predicted octanol–water partition coefficient (Wildman–Crippen LogP) is 3.89. The van der Waals surface area contributed by atoms with E-state index in [2.05, 4.69) is 41.6 Å². The zero-order valence-electron chi connectivity index (χ0n) is 10.0. The third kappa shape index (κ3) is 3.08. The van der Waals surface area contributed by atoms with Gasteiger partial charge in [0.25, 0.3) is 0 Å². The number of halogens is 1. The minimum atomic E-state index is 0.396. The lowest BCUT2D eigenvalue weighted by molar-refractivity contribution is 0.112. The molecule has 0 fully saturated rings. The van der Waals surface area contributed by atoms with Crippen LogP contribution in [0.15, 0.2) is 22.7 Å². The molecule has 0 bridgehead atoms. The molecule has 0 spiro atoms. The van der Waals surface area contributed by atoms with Gasteiger partial charge in [-0.15, -0.1) is 0 Å². The van der Waals surface area contributed by atoms with E-state index in [0.717, 1.165) is 35.0 Å². The summed E-state index contributed by atoms with van der Waals surface area (Å²) in [5.74, 6) is 0. The molecule has 0 radical (unpaired) electrons. The molecule has 0 aromatic heterocycles. The normalized spacial score (nSPS) is 10.6. The summed E-state index contributed by atoms with van der Waals surface area (Å²) in [6.45, 7) is 7.40. The van der Waals surface area contributed by atoms with Gasteiger partial charge in [0.1, 0.15) is 0 Å². The third-order valence-electron chi connectivity index (χ3n) is 2.52. The average Bonchev–Trinajstić information content (AvgIpc) is 2.25. The van der Waals surface area contributed by atoms with Crippen molar-refractivity contribution in [2.75, 3.05) is 11.4 Å². The molecule has 0 amide bonds. The summed E-state index contributed by atoms with van der Waals surface area (Å²) in [6.07, 6.45) is 2.00. The molecule has 1 aromatic carbocycles. The van der Waals surface area contributed by atoms with E-state index in [1.807, 2.05) is 18.2 Å². The lowest BCUT2D eigenvalue weighted by atomic mass is 10.1. The van der Waals surface area contributed by atoms with Crippen molar-refractivity contribution < 1.29 is 4.79 Å². The largest absolute Gasteiger partial charge is 0.369 e. The molecule has 0 aliphatic rings. The van der Waals surface area contributed by atoms with Crippen LogP contribution in [0.3, 0.4) is 0 Å². The first-order valence-corrected chi connectivity index (χ1v) is 6.40. The molecule has 3 heteroatoms. The van der Waals surface area contributed by atoms with Gasteiger partial charge in [-0.1, -0.05) is 22.9 Å². The molecular formula is C13H18BrNO. The van der Waals surface area contributed by atoms with Gasteiger partial charge in [-0.2, -0.15) is 0 Å². The van der Waals surface area contributed by atoms with E-state index in [0.29, 0.717) is 6.04 Å². The molecule has 1 aromatic rings. The van der Waals surface area contributed by atoms with E-state index in [4.69, 9.17) is 0 Å². The van der Waals surface area contributed by atoms with Crippen LogP contribution < -0.4 is 4.90 Å². The van der Waals surface area contributed by atoms with Crippen LogP contribution in [0.1, 0.15) is 37.6 Å². The van der Waals surface area contributed by atoms with Crippen molar-refractivity contribution >= 4 is 27.9 Å². The van der Waals surface area contributed by atoms with Gasteiger partial charge in [0.05, 0.1) is 0 Å². The molecule has 0 aliphatic carbocycles. The zero-order valence-corrected chi connectivity index (χ0v) is 11.6. The van der Waals surface area contributed by atoms with Gasteiger partial charge in [0.2, 0.25) is 0 Å². The molecule has 88 valence electrons. The van der Waals surface area contributed by atoms with Crippen LogP contribution in [0.2, 0.25) is 0 Å². The zero-order chi connectivity index (χ0) is 12.1. The summed E-state index contributed by atoms with van der Waals surface area (Å²) in [4.78, 5) is 13.3. The van der Waals surface area contributed by atoms with Crippen molar-refractivity contribution in [2.45, 2.75) is 33.2 Å². The van der Waals surface area contributed by atoms with E-state index in [9.17, 15) is 4.79 Å². The topological polar surface area (TPSA) is 20.3 Å². The number of hydrogen-bond acceptors (Lipinski definition) is 2. The van der Waals surface area contributed by atoms with Crippen molar-refractivity contribution in [1.29, 1.82) is 0 Å². The second kappa shape index (κ2) is 6.04. The van der Waals surface area contributed by atoms with Crippen molar-refractivity contribution in [3.63, 3.8) is 0 Å². The Kier molecular flexibility index (Phi) is 5.00. The van der Waals surface area contributed by atoms with Gasteiger partial charge >= 0.3 is 0 Å². The van der Waals surface area contributed by atoms with E-state index in [1.165, 1.54) is 0 Å². The smallest absolute Gasteiger partial charge is 0.152 e. The van der Waals surface area contributed by atoms with Gasteiger partial charge in [-0.3, -0.25) is 4.79 Å². The fraction of sp³-hybridized carbons (Fsp3) is 0.462. The van der Waals surface area contributed by atoms with Crippen molar-refractivity contribution in [2.24, 2.45) is 0 Å². The van der Waals surface area contributed by atoms with Crippen LogP contribution in [0.25, 0.3) is 0 Å². The Morgan fingerprint density at radius 1 is 1.44 bits per heavy atom. The van der Waals surface area contributed by atoms with E-state index < -0.39 is 0 Å². The quantitative estimate of drug-likeness (QED) is 0.765. The van der Waals surface area contributed by atoms with Crippen LogP contribution >= 0.6 is 15.9 Å². The molecular weight excluding hydrogens is 266 g/mol. The molecule has 0 atom stereocenters. The first-order valence-electron chi connectivity index (χ1n) is 5.61. The maximum absolute atomic E-state index is 11.0. The standard InChI is InChI=1S/C13H18BrNO/c1-4-7-15(10(2)3)13-8-12(14)6-5-11(13)9-16/h5-6,8-10H,4,7H2,1-3H3. The number of aldehydes is 1. The van der Waals surface area contributed by atoms with Crippen molar-refractivity contribution in [3.8, 4) is 0 Å². The number of benzene rings is 1. The highest BCUT2D eigenvalue weighted by atomic mass is 79.9. The number of rotatable bonds is 5. The summed E-state index contributed by atoms with van der Waals surface area (Å²) in [5.41, 5.74) is 1.77. The molecule has 16 heavy (non-hydrogen) atoms. The van der Waals surface area contributed by atoms with Gasteiger partial charge in [-0.05, 0) is 38.5 Å². The summed E-state index contributed by atoms with van der Waals surface area (Å²) >= 11 is 3.45. The van der Waals surface area contributed by atoms with Crippen LogP contribution in [0, 0.1) is 0 Å². The lowest BCUT2D eigenvalue weighted by Crippen LogP contribution is -2.32. The first kappa shape index (κ1) is 13.2. The fourth-order valence-electron chi connectivity index (χ4n) is 1.76. The summed E-state index contributed by atoms with van der Waals surface area (Å²) in [5, 5.41) is 0. The highest BCUT2D eigenvalue weighted by molar-refractivity contribution is 9.10. The number of hydrogen-bond donors (Lipinski definition) is 0. The number of carbonyl (C=O) groups excluding carboxylic acids is 1. The first-order chi connectivity index (χ1) is 7.60. The maximum atomic E-state index is 11.0. The SMILES string of the molecule is CCCN(c1cc(Br)ccc1C=O)C(C)C. The maximum Gasteiger partial charge on any atom is 0.152 e. The van der Waals surface area contributed by atoms with Crippen LogP contribution in [0.5, 0.6) is 0 Å². The van der Waals surface area contributed by atoms with E-state index in [-0.39, 0.29) is 0 Å². The van der Waals surface area contributed by atoms with Gasteiger partial charge in [0, 0.05) is 28.3 Å². The lowest BCUT2D eigenvalue weighted by Gasteiger charge is -2.29. The Bertz CT molecular complexity index is 363. The van der Waals surface area contributed by atoms with Gasteiger partial charge < -0.3 is 4.90 Å². The predicted molar refractivity (Wildman–Crippen MR) is 72.3 cm³/mol. The average molecular weight is 284 g/mol. The number of nitrogens with zero attached hydrogens (tertiary/aromatic N) is 1. The molecule has 2 nitrogen and oxygen atoms in total.